The highest BCUT2D eigenvalue weighted by Gasteiger charge is 2.65. The number of fused-ring (bicyclic) bond motifs is 5. The molecule has 1 saturated heterocycles. The fourth-order valence-corrected chi connectivity index (χ4v) is 8.70. The van der Waals surface area contributed by atoms with Gasteiger partial charge in [-0.25, -0.2) is 0 Å². The van der Waals surface area contributed by atoms with Crippen molar-refractivity contribution in [3.63, 3.8) is 0 Å². The van der Waals surface area contributed by atoms with Gasteiger partial charge in [-0.05, 0) is 99.3 Å². The van der Waals surface area contributed by atoms with E-state index in [0.717, 1.165) is 32.3 Å². The first kappa shape index (κ1) is 21.6. The Bertz CT molecular complexity index is 624. The smallest absolute Gasteiger partial charge is 0.163 e. The van der Waals surface area contributed by atoms with Crippen LogP contribution in [-0.4, -0.2) is 49.5 Å². The van der Waals surface area contributed by atoms with Gasteiger partial charge in [-0.1, -0.05) is 13.8 Å². The highest BCUT2D eigenvalue weighted by molar-refractivity contribution is 5.15. The van der Waals surface area contributed by atoms with Gasteiger partial charge >= 0.3 is 0 Å². The third-order valence-corrected chi connectivity index (χ3v) is 10.4. The summed E-state index contributed by atoms with van der Waals surface area (Å²) in [7, 11) is 0. The van der Waals surface area contributed by atoms with Crippen LogP contribution >= 0.6 is 0 Å². The molecule has 3 N–H and O–H groups in total. The molecule has 1 aliphatic heterocycles. The second kappa shape index (κ2) is 7.98. The summed E-state index contributed by atoms with van der Waals surface area (Å²) in [4.78, 5) is 0. The Morgan fingerprint density at radius 3 is 2.60 bits per heavy atom. The maximum atomic E-state index is 12.0. The molecule has 4 saturated carbocycles. The van der Waals surface area contributed by atoms with Crippen molar-refractivity contribution in [2.24, 2.45) is 40.2 Å². The van der Waals surface area contributed by atoms with Crippen molar-refractivity contribution in [3.8, 4) is 0 Å². The summed E-state index contributed by atoms with van der Waals surface area (Å²) >= 11 is 0. The number of aliphatic hydroxyl groups is 1. The summed E-state index contributed by atoms with van der Waals surface area (Å²) in [5.41, 5.74) is 5.65. The molecular weight excluding hydrogens is 378 g/mol. The van der Waals surface area contributed by atoms with Gasteiger partial charge in [0.2, 0.25) is 0 Å². The molecule has 4 aliphatic carbocycles. The average Bonchev–Trinajstić information content (AvgIpc) is 3.35. The number of hydrogen-bond acceptors (Lipinski definition) is 5. The summed E-state index contributed by atoms with van der Waals surface area (Å²) in [6, 6.07) is 0. The van der Waals surface area contributed by atoms with Crippen LogP contribution in [0.1, 0.15) is 78.1 Å². The molecule has 5 heteroatoms. The van der Waals surface area contributed by atoms with E-state index in [1.807, 2.05) is 0 Å². The van der Waals surface area contributed by atoms with Gasteiger partial charge < -0.3 is 25.1 Å². The topological polar surface area (TPSA) is 73.9 Å². The van der Waals surface area contributed by atoms with Crippen molar-refractivity contribution >= 4 is 0 Å². The summed E-state index contributed by atoms with van der Waals surface area (Å²) in [6.45, 7) is 7.71. The lowest BCUT2D eigenvalue weighted by atomic mass is 9.43. The van der Waals surface area contributed by atoms with Crippen LogP contribution in [0.25, 0.3) is 0 Å². The number of ether oxygens (including phenoxy) is 3. The molecule has 0 amide bonds. The molecule has 5 fully saturated rings. The molecule has 0 aromatic rings. The Labute approximate surface area is 182 Å². The monoisotopic (exact) mass is 421 g/mol. The lowest BCUT2D eigenvalue weighted by Gasteiger charge is -2.64. The molecule has 0 spiro atoms. The third kappa shape index (κ3) is 3.22. The minimum absolute atomic E-state index is 0.130. The van der Waals surface area contributed by atoms with Gasteiger partial charge in [-0.15, -0.1) is 0 Å². The first-order valence-electron chi connectivity index (χ1n) is 12.7. The van der Waals surface area contributed by atoms with Gasteiger partial charge in [-0.3, -0.25) is 0 Å². The van der Waals surface area contributed by atoms with Crippen molar-refractivity contribution in [3.05, 3.63) is 0 Å². The van der Waals surface area contributed by atoms with E-state index in [4.69, 9.17) is 19.9 Å². The van der Waals surface area contributed by atoms with E-state index in [1.165, 1.54) is 38.5 Å². The van der Waals surface area contributed by atoms with Crippen LogP contribution in [0.4, 0.5) is 0 Å². The molecular formula is C25H43NO4. The zero-order chi connectivity index (χ0) is 21.0. The molecule has 172 valence electrons. The third-order valence-electron chi connectivity index (χ3n) is 10.4. The van der Waals surface area contributed by atoms with E-state index in [-0.39, 0.29) is 29.1 Å². The maximum absolute atomic E-state index is 12.0. The zero-order valence-corrected chi connectivity index (χ0v) is 19.1. The van der Waals surface area contributed by atoms with Crippen molar-refractivity contribution in [1.82, 2.24) is 0 Å². The van der Waals surface area contributed by atoms with E-state index in [2.05, 4.69) is 13.8 Å². The minimum Gasteiger partial charge on any atom is -0.389 e. The van der Waals surface area contributed by atoms with E-state index >= 15 is 0 Å². The van der Waals surface area contributed by atoms with Gasteiger partial charge in [0.15, 0.2) is 6.29 Å². The number of nitrogens with two attached hydrogens (primary N) is 1. The van der Waals surface area contributed by atoms with Crippen LogP contribution in [0, 0.1) is 34.5 Å². The van der Waals surface area contributed by atoms with Crippen LogP contribution in [0.3, 0.4) is 0 Å². The molecule has 0 bridgehead atoms. The molecule has 8 atom stereocenters. The van der Waals surface area contributed by atoms with Crippen molar-refractivity contribution in [2.75, 3.05) is 26.4 Å². The van der Waals surface area contributed by atoms with Gasteiger partial charge in [0.25, 0.3) is 0 Å². The largest absolute Gasteiger partial charge is 0.389 e. The van der Waals surface area contributed by atoms with Crippen molar-refractivity contribution in [1.29, 1.82) is 0 Å². The highest BCUT2D eigenvalue weighted by atomic mass is 16.7. The lowest BCUT2D eigenvalue weighted by molar-refractivity contribution is -0.229. The number of rotatable bonds is 5. The van der Waals surface area contributed by atoms with Gasteiger partial charge in [0.1, 0.15) is 0 Å². The second-order valence-electron chi connectivity index (χ2n) is 11.6. The van der Waals surface area contributed by atoms with Gasteiger partial charge in [0.05, 0.1) is 24.9 Å². The predicted octanol–water partition coefficient (Wildman–Crippen LogP) is 3.87. The maximum Gasteiger partial charge on any atom is 0.163 e. The molecule has 5 nitrogen and oxygen atoms in total. The summed E-state index contributed by atoms with van der Waals surface area (Å²) in [6.07, 6.45) is 11.5. The molecule has 1 unspecified atom stereocenters. The molecule has 0 aromatic carbocycles. The SMILES string of the molecule is C[C@]12CC(C3OCCO3)[C@H](OCCCN)C[C@H]1CC[C@@H]1[C@@H]2CC[C@]2(C)CCC[C@]12O. The predicted molar refractivity (Wildman–Crippen MR) is 116 cm³/mol. The van der Waals surface area contributed by atoms with Crippen molar-refractivity contribution in [2.45, 2.75) is 96.1 Å². The molecule has 5 rings (SSSR count). The van der Waals surface area contributed by atoms with Gasteiger partial charge in [0, 0.05) is 12.5 Å². The molecule has 0 radical (unpaired) electrons. The Hall–Kier alpha value is -0.200. The fourth-order valence-electron chi connectivity index (χ4n) is 8.70. The Morgan fingerprint density at radius 1 is 1.03 bits per heavy atom. The van der Waals surface area contributed by atoms with Crippen molar-refractivity contribution < 1.29 is 19.3 Å². The van der Waals surface area contributed by atoms with E-state index in [9.17, 15) is 5.11 Å². The fraction of sp³-hybridized carbons (Fsp3) is 1.00. The summed E-state index contributed by atoms with van der Waals surface area (Å²) < 4.78 is 18.4. The van der Waals surface area contributed by atoms with Crippen LogP contribution in [-0.2, 0) is 14.2 Å². The Balaban J connectivity index is 1.40. The molecule has 30 heavy (non-hydrogen) atoms. The molecule has 1 heterocycles. The number of hydrogen-bond donors (Lipinski definition) is 2. The zero-order valence-electron chi connectivity index (χ0n) is 19.1. The lowest BCUT2D eigenvalue weighted by Crippen LogP contribution is -2.62. The Kier molecular flexibility index (Phi) is 5.76. The highest BCUT2D eigenvalue weighted by Crippen LogP contribution is 2.68. The second-order valence-corrected chi connectivity index (χ2v) is 11.6. The minimum atomic E-state index is -0.450. The Morgan fingerprint density at radius 2 is 1.83 bits per heavy atom. The quantitative estimate of drug-likeness (QED) is 0.659. The summed E-state index contributed by atoms with van der Waals surface area (Å²) in [5.74, 6) is 2.03. The summed E-state index contributed by atoms with van der Waals surface area (Å²) in [5, 5.41) is 12.0. The van der Waals surface area contributed by atoms with Crippen LogP contribution in [0.15, 0.2) is 0 Å². The first-order chi connectivity index (χ1) is 14.4. The van der Waals surface area contributed by atoms with E-state index < -0.39 is 5.60 Å². The standard InChI is InChI=1S/C25H43NO4/c1-23-8-3-9-25(23,27)20-6-5-17-15-21(28-12-4-11-26)18(22-29-13-14-30-22)16-24(17,2)19(20)7-10-23/h17-22,27H,3-16,26H2,1-2H3/t17-,18?,19+,20-,21-,23+,24+,25+/m1/s1. The average molecular weight is 422 g/mol. The van der Waals surface area contributed by atoms with Crippen LogP contribution in [0.5, 0.6) is 0 Å². The van der Waals surface area contributed by atoms with Crippen LogP contribution in [0.2, 0.25) is 0 Å². The molecule has 5 aliphatic rings. The first-order valence-corrected chi connectivity index (χ1v) is 12.7. The van der Waals surface area contributed by atoms with Crippen LogP contribution < -0.4 is 5.73 Å². The van der Waals surface area contributed by atoms with E-state index in [1.54, 1.807) is 0 Å². The molecule has 0 aromatic heterocycles. The normalized spacial score (nSPS) is 51.4. The van der Waals surface area contributed by atoms with Gasteiger partial charge in [-0.2, -0.15) is 0 Å². The van der Waals surface area contributed by atoms with E-state index in [0.29, 0.717) is 37.5 Å².